The maximum atomic E-state index is 11.0. The number of rotatable bonds is 2. The summed E-state index contributed by atoms with van der Waals surface area (Å²) < 4.78 is 10.2. The maximum absolute atomic E-state index is 11.0. The zero-order chi connectivity index (χ0) is 9.84. The number of amides is 2. The summed E-state index contributed by atoms with van der Waals surface area (Å²) >= 11 is 0. The lowest BCUT2D eigenvalue weighted by Gasteiger charge is -2.19. The summed E-state index contributed by atoms with van der Waals surface area (Å²) in [5, 5.41) is 0. The third kappa shape index (κ3) is 2.78. The molecule has 0 spiro atoms. The standard InChI is InChI=1S/C8H13NO4/c1-6(10)9(7(2)11)5-8-12-3-4-13-8/h8H,3-5H2,1-2H3. The molecule has 1 heterocycles. The molecular formula is C8H13NO4. The Bertz CT molecular complexity index is 196. The molecular weight excluding hydrogens is 174 g/mol. The number of hydrogen-bond acceptors (Lipinski definition) is 4. The van der Waals surface area contributed by atoms with Gasteiger partial charge in [0.15, 0.2) is 6.29 Å². The molecule has 1 rings (SSSR count). The average Bonchev–Trinajstić information content (AvgIpc) is 2.50. The molecule has 0 bridgehead atoms. The van der Waals surface area contributed by atoms with Gasteiger partial charge < -0.3 is 9.47 Å². The van der Waals surface area contributed by atoms with E-state index in [-0.39, 0.29) is 18.4 Å². The van der Waals surface area contributed by atoms with Crippen molar-refractivity contribution in [2.24, 2.45) is 0 Å². The van der Waals surface area contributed by atoms with Gasteiger partial charge in [0.1, 0.15) is 0 Å². The highest BCUT2D eigenvalue weighted by molar-refractivity contribution is 5.92. The molecule has 74 valence electrons. The quantitative estimate of drug-likeness (QED) is 0.598. The number of nitrogens with zero attached hydrogens (tertiary/aromatic N) is 1. The van der Waals surface area contributed by atoms with Gasteiger partial charge in [-0.25, -0.2) is 0 Å². The van der Waals surface area contributed by atoms with Crippen LogP contribution in [0.25, 0.3) is 0 Å². The zero-order valence-corrected chi connectivity index (χ0v) is 7.78. The highest BCUT2D eigenvalue weighted by Gasteiger charge is 2.23. The van der Waals surface area contributed by atoms with E-state index >= 15 is 0 Å². The first-order valence-electron chi connectivity index (χ1n) is 4.13. The first-order chi connectivity index (χ1) is 6.11. The second-order valence-electron chi connectivity index (χ2n) is 2.82. The predicted molar refractivity (Wildman–Crippen MR) is 43.8 cm³/mol. The van der Waals surface area contributed by atoms with E-state index in [0.29, 0.717) is 13.2 Å². The van der Waals surface area contributed by atoms with Crippen LogP contribution in [0.15, 0.2) is 0 Å². The first kappa shape index (κ1) is 10.1. The lowest BCUT2D eigenvalue weighted by atomic mass is 10.4. The Morgan fingerprint density at radius 2 is 1.69 bits per heavy atom. The predicted octanol–water partition coefficient (Wildman–Crippen LogP) is -0.246. The Morgan fingerprint density at radius 1 is 1.23 bits per heavy atom. The van der Waals surface area contributed by atoms with E-state index in [9.17, 15) is 9.59 Å². The average molecular weight is 187 g/mol. The molecule has 0 atom stereocenters. The highest BCUT2D eigenvalue weighted by atomic mass is 16.7. The molecule has 0 saturated carbocycles. The fraction of sp³-hybridized carbons (Fsp3) is 0.750. The van der Waals surface area contributed by atoms with E-state index in [0.717, 1.165) is 4.90 Å². The lowest BCUT2D eigenvalue weighted by Crippen LogP contribution is -2.39. The third-order valence-electron chi connectivity index (χ3n) is 1.78. The van der Waals surface area contributed by atoms with Gasteiger partial charge in [-0.3, -0.25) is 14.5 Å². The van der Waals surface area contributed by atoms with Crippen LogP contribution in [0.4, 0.5) is 0 Å². The molecule has 0 aliphatic carbocycles. The lowest BCUT2D eigenvalue weighted by molar-refractivity contribution is -0.148. The highest BCUT2D eigenvalue weighted by Crippen LogP contribution is 2.06. The molecule has 1 fully saturated rings. The molecule has 0 aromatic carbocycles. The molecule has 0 aromatic rings. The Morgan fingerprint density at radius 3 is 2.08 bits per heavy atom. The van der Waals surface area contributed by atoms with E-state index in [4.69, 9.17) is 9.47 Å². The summed E-state index contributed by atoms with van der Waals surface area (Å²) in [5.41, 5.74) is 0. The third-order valence-corrected chi connectivity index (χ3v) is 1.78. The first-order valence-corrected chi connectivity index (χ1v) is 4.13. The van der Waals surface area contributed by atoms with Crippen LogP contribution in [0.2, 0.25) is 0 Å². The van der Waals surface area contributed by atoms with Crippen LogP contribution in [-0.4, -0.2) is 42.8 Å². The van der Waals surface area contributed by atoms with Gasteiger partial charge in [0.2, 0.25) is 11.8 Å². The maximum Gasteiger partial charge on any atom is 0.226 e. The van der Waals surface area contributed by atoms with Crippen LogP contribution in [0.3, 0.4) is 0 Å². The Kier molecular flexibility index (Phi) is 3.39. The van der Waals surface area contributed by atoms with Crippen LogP contribution < -0.4 is 0 Å². The normalized spacial score (nSPS) is 17.4. The van der Waals surface area contributed by atoms with Crippen LogP contribution in [0.1, 0.15) is 13.8 Å². The minimum atomic E-state index is -0.451. The molecule has 13 heavy (non-hydrogen) atoms. The molecule has 0 aromatic heterocycles. The molecule has 5 nitrogen and oxygen atoms in total. The van der Waals surface area contributed by atoms with Crippen LogP contribution in [0, 0.1) is 0 Å². The van der Waals surface area contributed by atoms with Crippen LogP contribution in [0.5, 0.6) is 0 Å². The Balaban J connectivity index is 2.46. The van der Waals surface area contributed by atoms with E-state index in [1.165, 1.54) is 13.8 Å². The van der Waals surface area contributed by atoms with Crippen molar-refractivity contribution >= 4 is 11.8 Å². The smallest absolute Gasteiger partial charge is 0.226 e. The summed E-state index contributed by atoms with van der Waals surface area (Å²) in [6.07, 6.45) is -0.451. The van der Waals surface area contributed by atoms with Crippen molar-refractivity contribution < 1.29 is 19.1 Å². The van der Waals surface area contributed by atoms with Crippen molar-refractivity contribution in [3.8, 4) is 0 Å². The summed E-state index contributed by atoms with van der Waals surface area (Å²) in [4.78, 5) is 23.0. The van der Waals surface area contributed by atoms with Gasteiger partial charge in [0.25, 0.3) is 0 Å². The summed E-state index contributed by atoms with van der Waals surface area (Å²) in [6, 6.07) is 0. The number of hydrogen-bond donors (Lipinski definition) is 0. The summed E-state index contributed by atoms with van der Waals surface area (Å²) in [5.74, 6) is -0.571. The molecule has 2 amide bonds. The zero-order valence-electron chi connectivity index (χ0n) is 7.78. The SMILES string of the molecule is CC(=O)N(CC1OCCO1)C(C)=O. The van der Waals surface area contributed by atoms with Gasteiger partial charge in [0.05, 0.1) is 19.8 Å². The van der Waals surface area contributed by atoms with Crippen molar-refractivity contribution in [3.05, 3.63) is 0 Å². The molecule has 5 heteroatoms. The van der Waals surface area contributed by atoms with Gasteiger partial charge in [-0.05, 0) is 0 Å². The van der Waals surface area contributed by atoms with Gasteiger partial charge in [0, 0.05) is 13.8 Å². The monoisotopic (exact) mass is 187 g/mol. The molecule has 1 aliphatic rings. The number of carbonyl (C=O) groups excluding carboxylic acids is 2. The summed E-state index contributed by atoms with van der Waals surface area (Å²) in [6.45, 7) is 3.92. The van der Waals surface area contributed by atoms with Crippen molar-refractivity contribution in [2.45, 2.75) is 20.1 Å². The number of imide groups is 1. The Labute approximate surface area is 76.6 Å². The van der Waals surface area contributed by atoms with E-state index in [1.807, 2.05) is 0 Å². The van der Waals surface area contributed by atoms with Crippen molar-refractivity contribution in [3.63, 3.8) is 0 Å². The summed E-state index contributed by atoms with van der Waals surface area (Å²) in [7, 11) is 0. The molecule has 1 saturated heterocycles. The number of ether oxygens (including phenoxy) is 2. The van der Waals surface area contributed by atoms with Gasteiger partial charge in [-0.2, -0.15) is 0 Å². The largest absolute Gasteiger partial charge is 0.348 e. The van der Waals surface area contributed by atoms with Gasteiger partial charge in [-0.15, -0.1) is 0 Å². The fourth-order valence-electron chi connectivity index (χ4n) is 1.14. The van der Waals surface area contributed by atoms with E-state index < -0.39 is 6.29 Å². The second-order valence-corrected chi connectivity index (χ2v) is 2.82. The van der Waals surface area contributed by atoms with Crippen molar-refractivity contribution in [1.29, 1.82) is 0 Å². The Hall–Kier alpha value is -0.940. The van der Waals surface area contributed by atoms with Crippen LogP contribution >= 0.6 is 0 Å². The molecule has 0 unspecified atom stereocenters. The van der Waals surface area contributed by atoms with Gasteiger partial charge >= 0.3 is 0 Å². The minimum absolute atomic E-state index is 0.185. The van der Waals surface area contributed by atoms with E-state index in [2.05, 4.69) is 0 Å². The molecule has 1 aliphatic heterocycles. The number of carbonyl (C=O) groups is 2. The minimum Gasteiger partial charge on any atom is -0.348 e. The van der Waals surface area contributed by atoms with Crippen LogP contribution in [-0.2, 0) is 19.1 Å². The van der Waals surface area contributed by atoms with Gasteiger partial charge in [-0.1, -0.05) is 0 Å². The second kappa shape index (κ2) is 4.34. The fourth-order valence-corrected chi connectivity index (χ4v) is 1.14. The van der Waals surface area contributed by atoms with Crippen molar-refractivity contribution in [2.75, 3.05) is 19.8 Å². The van der Waals surface area contributed by atoms with E-state index in [1.54, 1.807) is 0 Å². The topological polar surface area (TPSA) is 55.8 Å². The molecule has 0 N–H and O–H groups in total. The molecule has 0 radical (unpaired) electrons. The van der Waals surface area contributed by atoms with Crippen molar-refractivity contribution in [1.82, 2.24) is 4.90 Å².